The van der Waals surface area contributed by atoms with Crippen molar-refractivity contribution in [1.29, 1.82) is 0 Å². The number of benzene rings is 1. The van der Waals surface area contributed by atoms with E-state index in [1.54, 1.807) is 7.05 Å². The lowest BCUT2D eigenvalue weighted by Gasteiger charge is -2.15. The summed E-state index contributed by atoms with van der Waals surface area (Å²) in [4.78, 5) is 11.4. The third-order valence-electron chi connectivity index (χ3n) is 3.68. The molecule has 0 aliphatic rings. The highest BCUT2D eigenvalue weighted by atomic mass is 79.9. The van der Waals surface area contributed by atoms with E-state index in [1.807, 2.05) is 13.8 Å². The number of nitrogens with one attached hydrogen (secondary N) is 1. The van der Waals surface area contributed by atoms with Gasteiger partial charge in [-0.15, -0.1) is 0 Å². The van der Waals surface area contributed by atoms with Crippen molar-refractivity contribution < 1.29 is 13.9 Å². The Hall–Kier alpha value is -1.36. The van der Waals surface area contributed by atoms with Gasteiger partial charge in [0.2, 0.25) is 0 Å². The minimum Gasteiger partial charge on any atom is -0.466 e. The third kappa shape index (κ3) is 6.34. The lowest BCUT2D eigenvalue weighted by Crippen LogP contribution is -2.09. The first-order valence-corrected chi connectivity index (χ1v) is 8.68. The zero-order valence-corrected chi connectivity index (χ0v) is 15.6. The Bertz CT molecular complexity index is 560. The summed E-state index contributed by atoms with van der Waals surface area (Å²) in [6, 6.07) is 2.94. The van der Waals surface area contributed by atoms with Crippen LogP contribution in [0.1, 0.15) is 45.1 Å². The van der Waals surface area contributed by atoms with Crippen molar-refractivity contribution in [2.45, 2.75) is 39.5 Å². The van der Waals surface area contributed by atoms with Gasteiger partial charge in [-0.05, 0) is 65.7 Å². The molecule has 1 atom stereocenters. The summed E-state index contributed by atoms with van der Waals surface area (Å²) in [6.45, 7) is 8.35. The SMILES string of the molecule is C=C(CCCC(C)CC(=O)OCC)c1cc(F)cc(Br)c1NC. The number of esters is 1. The van der Waals surface area contributed by atoms with E-state index in [2.05, 4.69) is 27.8 Å². The molecule has 5 heteroatoms. The Morgan fingerprint density at radius 1 is 1.48 bits per heavy atom. The fourth-order valence-electron chi connectivity index (χ4n) is 2.51. The molecule has 0 bridgehead atoms. The molecule has 0 aromatic heterocycles. The number of rotatable bonds is 9. The maximum Gasteiger partial charge on any atom is 0.306 e. The van der Waals surface area contributed by atoms with Crippen molar-refractivity contribution in [1.82, 2.24) is 0 Å². The highest BCUT2D eigenvalue weighted by Gasteiger charge is 2.13. The van der Waals surface area contributed by atoms with Gasteiger partial charge in [0.25, 0.3) is 0 Å². The third-order valence-corrected chi connectivity index (χ3v) is 4.31. The number of carbonyl (C=O) groups is 1. The molecule has 128 valence electrons. The van der Waals surface area contributed by atoms with Crippen molar-refractivity contribution >= 4 is 33.2 Å². The second-order valence-electron chi connectivity index (χ2n) is 5.67. The summed E-state index contributed by atoms with van der Waals surface area (Å²) in [5.41, 5.74) is 2.52. The van der Waals surface area contributed by atoms with Crippen LogP contribution in [-0.2, 0) is 9.53 Å². The molecular formula is C18H25BrFNO2. The number of carbonyl (C=O) groups excluding carboxylic acids is 1. The van der Waals surface area contributed by atoms with E-state index < -0.39 is 0 Å². The maximum atomic E-state index is 13.6. The largest absolute Gasteiger partial charge is 0.466 e. The highest BCUT2D eigenvalue weighted by Crippen LogP contribution is 2.34. The van der Waals surface area contributed by atoms with Gasteiger partial charge >= 0.3 is 5.97 Å². The molecule has 1 N–H and O–H groups in total. The van der Waals surface area contributed by atoms with Gasteiger partial charge in [-0.1, -0.05) is 13.5 Å². The van der Waals surface area contributed by atoms with Gasteiger partial charge in [0, 0.05) is 23.5 Å². The Balaban J connectivity index is 2.56. The number of hydrogen-bond donors (Lipinski definition) is 1. The maximum absolute atomic E-state index is 13.6. The molecule has 0 saturated heterocycles. The fourth-order valence-corrected chi connectivity index (χ4v) is 3.14. The van der Waals surface area contributed by atoms with Crippen LogP contribution in [-0.4, -0.2) is 19.6 Å². The average molecular weight is 386 g/mol. The molecule has 0 aliphatic heterocycles. The van der Waals surface area contributed by atoms with Crippen LogP contribution in [0.25, 0.3) is 5.57 Å². The molecule has 0 spiro atoms. The summed E-state index contributed by atoms with van der Waals surface area (Å²) >= 11 is 3.36. The van der Waals surface area contributed by atoms with Gasteiger partial charge in [0.1, 0.15) is 5.82 Å². The van der Waals surface area contributed by atoms with E-state index in [0.29, 0.717) is 17.5 Å². The molecule has 0 saturated carbocycles. The van der Waals surface area contributed by atoms with Gasteiger partial charge in [0.15, 0.2) is 0 Å². The van der Waals surface area contributed by atoms with Crippen LogP contribution in [0.5, 0.6) is 0 Å². The van der Waals surface area contributed by atoms with Crippen LogP contribution < -0.4 is 5.32 Å². The van der Waals surface area contributed by atoms with Crippen molar-refractivity contribution in [2.75, 3.05) is 19.0 Å². The second-order valence-corrected chi connectivity index (χ2v) is 6.52. The first-order valence-electron chi connectivity index (χ1n) is 7.89. The van der Waals surface area contributed by atoms with Gasteiger partial charge in [-0.2, -0.15) is 0 Å². The molecule has 0 amide bonds. The number of halogens is 2. The minimum atomic E-state index is -0.289. The molecule has 0 fully saturated rings. The van der Waals surface area contributed by atoms with Crippen molar-refractivity contribution in [3.8, 4) is 0 Å². The van der Waals surface area contributed by atoms with E-state index in [-0.39, 0.29) is 17.7 Å². The quantitative estimate of drug-likeness (QED) is 0.578. The van der Waals surface area contributed by atoms with E-state index >= 15 is 0 Å². The van der Waals surface area contributed by atoms with Gasteiger partial charge in [-0.25, -0.2) is 4.39 Å². The highest BCUT2D eigenvalue weighted by molar-refractivity contribution is 9.10. The zero-order valence-electron chi connectivity index (χ0n) is 14.0. The normalized spacial score (nSPS) is 11.9. The first-order chi connectivity index (χ1) is 10.9. The monoisotopic (exact) mass is 385 g/mol. The van der Waals surface area contributed by atoms with E-state index in [0.717, 1.165) is 36.1 Å². The minimum absolute atomic E-state index is 0.148. The van der Waals surface area contributed by atoms with Crippen molar-refractivity contribution in [3.05, 3.63) is 34.6 Å². The number of hydrogen-bond acceptors (Lipinski definition) is 3. The van der Waals surface area contributed by atoms with E-state index in [9.17, 15) is 9.18 Å². The predicted molar refractivity (Wildman–Crippen MR) is 96.9 cm³/mol. The molecule has 0 heterocycles. The molecule has 1 aromatic carbocycles. The lowest BCUT2D eigenvalue weighted by molar-refractivity contribution is -0.144. The molecule has 1 aromatic rings. The van der Waals surface area contributed by atoms with Gasteiger partial charge < -0.3 is 10.1 Å². The molecule has 23 heavy (non-hydrogen) atoms. The van der Waals surface area contributed by atoms with Crippen LogP contribution in [0, 0.1) is 11.7 Å². The van der Waals surface area contributed by atoms with Crippen molar-refractivity contribution in [2.24, 2.45) is 5.92 Å². The molecule has 0 aliphatic carbocycles. The Morgan fingerprint density at radius 3 is 2.78 bits per heavy atom. The summed E-state index contributed by atoms with van der Waals surface area (Å²) in [5, 5.41) is 3.08. The zero-order chi connectivity index (χ0) is 17.4. The molecular weight excluding hydrogens is 361 g/mol. The second kappa shape index (κ2) is 9.71. The summed E-state index contributed by atoms with van der Waals surface area (Å²) < 4.78 is 19.3. The van der Waals surface area contributed by atoms with Crippen LogP contribution in [0.2, 0.25) is 0 Å². The van der Waals surface area contributed by atoms with Crippen molar-refractivity contribution in [3.63, 3.8) is 0 Å². The van der Waals surface area contributed by atoms with Crippen LogP contribution in [0.4, 0.5) is 10.1 Å². The molecule has 1 unspecified atom stereocenters. The van der Waals surface area contributed by atoms with Crippen LogP contribution in [0.3, 0.4) is 0 Å². The number of allylic oxidation sites excluding steroid dienone is 1. The number of anilines is 1. The smallest absolute Gasteiger partial charge is 0.306 e. The molecule has 0 radical (unpaired) electrons. The molecule has 1 rings (SSSR count). The standard InChI is InChI=1S/C18H25BrFNO2/c1-5-23-17(22)9-12(2)7-6-8-13(3)15-10-14(20)11-16(19)18(15)21-4/h10-12,21H,3,5-9H2,1-2,4H3. The van der Waals surface area contributed by atoms with Gasteiger partial charge in [-0.3, -0.25) is 4.79 Å². The summed E-state index contributed by atoms with van der Waals surface area (Å²) in [7, 11) is 1.80. The lowest BCUT2D eigenvalue weighted by atomic mass is 9.95. The number of ether oxygens (including phenoxy) is 1. The Labute approximate surface area is 146 Å². The van der Waals surface area contributed by atoms with E-state index in [1.165, 1.54) is 12.1 Å². The fraction of sp³-hybridized carbons (Fsp3) is 0.500. The summed E-state index contributed by atoms with van der Waals surface area (Å²) in [5.74, 6) is -0.169. The van der Waals surface area contributed by atoms with E-state index in [4.69, 9.17) is 4.74 Å². The van der Waals surface area contributed by atoms with Gasteiger partial charge in [0.05, 0.1) is 12.3 Å². The Morgan fingerprint density at radius 2 is 2.17 bits per heavy atom. The van der Waals surface area contributed by atoms with Crippen LogP contribution in [0.15, 0.2) is 23.2 Å². The Kier molecular flexibility index (Phi) is 8.31. The first kappa shape index (κ1) is 19.7. The predicted octanol–water partition coefficient (Wildman–Crippen LogP) is 5.40. The molecule has 3 nitrogen and oxygen atoms in total. The topological polar surface area (TPSA) is 38.3 Å². The van der Waals surface area contributed by atoms with Crippen LogP contribution >= 0.6 is 15.9 Å². The summed E-state index contributed by atoms with van der Waals surface area (Å²) in [6.07, 6.45) is 3.01. The average Bonchev–Trinajstić information content (AvgIpc) is 2.46.